The highest BCUT2D eigenvalue weighted by atomic mass is 32.2. The summed E-state index contributed by atoms with van der Waals surface area (Å²) in [7, 11) is 1.68. The van der Waals surface area contributed by atoms with Crippen molar-refractivity contribution in [2.45, 2.75) is 55.8 Å². The molecule has 1 aliphatic rings. The van der Waals surface area contributed by atoms with Crippen molar-refractivity contribution in [2.75, 3.05) is 12.9 Å². The SMILES string of the molecule is COc1ccccc1SC[C@@H]1C[C@H](c2ccc(CO)cc2)O[C@H](c2ccc(-c3cccc(CNC(=O)CCC(=O)O)c3)cc2)O1. The molecule has 0 radical (unpaired) electrons. The molecule has 4 aromatic rings. The minimum Gasteiger partial charge on any atom is -0.496 e. The van der Waals surface area contributed by atoms with Gasteiger partial charge in [0.1, 0.15) is 5.75 Å². The normalized spacial score (nSPS) is 17.9. The van der Waals surface area contributed by atoms with Crippen LogP contribution in [0.2, 0.25) is 0 Å². The summed E-state index contributed by atoms with van der Waals surface area (Å²) in [5, 5.41) is 21.1. The minimum absolute atomic E-state index is 0.00754. The van der Waals surface area contributed by atoms with Crippen LogP contribution in [0.25, 0.3) is 11.1 Å². The number of rotatable bonds is 13. The number of nitrogens with one attached hydrogen (secondary N) is 1. The molecule has 234 valence electrons. The maximum Gasteiger partial charge on any atom is 0.303 e. The standard InChI is InChI=1S/C36H37NO7S/c1-42-31-7-2-3-8-33(31)45-23-30-20-32(27-11-9-24(22-38)10-12-27)44-36(43-30)28-15-13-26(14-16-28)29-6-4-5-25(19-29)21-37-34(39)17-18-35(40)41/h2-16,19,30,32,36,38H,17-18,20-23H2,1H3,(H,37,39)(H,40,41)/t30-,32+,36+/m0/s1. The number of carbonyl (C=O) groups excluding carboxylic acids is 1. The first-order valence-electron chi connectivity index (χ1n) is 14.9. The molecule has 0 aliphatic carbocycles. The van der Waals surface area contributed by atoms with Gasteiger partial charge in [-0.05, 0) is 46.0 Å². The smallest absolute Gasteiger partial charge is 0.303 e. The van der Waals surface area contributed by atoms with Crippen molar-refractivity contribution in [1.82, 2.24) is 5.32 Å². The Morgan fingerprint density at radius 3 is 2.36 bits per heavy atom. The monoisotopic (exact) mass is 627 g/mol. The van der Waals surface area contributed by atoms with Crippen molar-refractivity contribution in [1.29, 1.82) is 0 Å². The van der Waals surface area contributed by atoms with Crippen molar-refractivity contribution >= 4 is 23.6 Å². The zero-order valence-corrected chi connectivity index (χ0v) is 25.9. The highest BCUT2D eigenvalue weighted by Crippen LogP contribution is 2.40. The van der Waals surface area contributed by atoms with Gasteiger partial charge in [-0.15, -0.1) is 11.8 Å². The number of hydrogen-bond acceptors (Lipinski definition) is 7. The molecule has 0 spiro atoms. The number of amides is 1. The molecule has 0 aromatic heterocycles. The molecule has 1 amide bonds. The van der Waals surface area contributed by atoms with E-state index in [1.165, 1.54) is 0 Å². The quantitative estimate of drug-likeness (QED) is 0.141. The highest BCUT2D eigenvalue weighted by Gasteiger charge is 2.32. The Bertz CT molecular complexity index is 1580. The van der Waals surface area contributed by atoms with Gasteiger partial charge in [-0.25, -0.2) is 0 Å². The van der Waals surface area contributed by atoms with Gasteiger partial charge in [-0.1, -0.05) is 78.9 Å². The Morgan fingerprint density at radius 1 is 0.867 bits per heavy atom. The van der Waals surface area contributed by atoms with E-state index in [1.54, 1.807) is 18.9 Å². The number of benzene rings is 4. The van der Waals surface area contributed by atoms with E-state index in [0.717, 1.165) is 49.8 Å². The number of aliphatic hydroxyl groups is 1. The molecular formula is C36H37NO7S. The lowest BCUT2D eigenvalue weighted by Gasteiger charge is -2.36. The number of aliphatic hydroxyl groups excluding tert-OH is 1. The molecule has 0 bridgehead atoms. The third-order valence-corrected chi connectivity index (χ3v) is 8.79. The molecular weight excluding hydrogens is 590 g/mol. The molecule has 4 aromatic carbocycles. The van der Waals surface area contributed by atoms with Gasteiger partial charge < -0.3 is 29.7 Å². The van der Waals surface area contributed by atoms with E-state index in [2.05, 4.69) is 5.32 Å². The largest absolute Gasteiger partial charge is 0.496 e. The van der Waals surface area contributed by atoms with Gasteiger partial charge in [-0.3, -0.25) is 9.59 Å². The lowest BCUT2D eigenvalue weighted by molar-refractivity contribution is -0.245. The van der Waals surface area contributed by atoms with E-state index in [-0.39, 0.29) is 37.6 Å². The lowest BCUT2D eigenvalue weighted by Crippen LogP contribution is -2.31. The molecule has 45 heavy (non-hydrogen) atoms. The summed E-state index contributed by atoms with van der Waals surface area (Å²) in [6, 6.07) is 31.8. The third-order valence-electron chi connectivity index (χ3n) is 7.61. The number of carboxylic acid groups (broad SMARTS) is 1. The average Bonchev–Trinajstić information content (AvgIpc) is 3.09. The van der Waals surface area contributed by atoms with Gasteiger partial charge in [0.05, 0.1) is 32.3 Å². The first-order valence-corrected chi connectivity index (χ1v) is 15.8. The number of carbonyl (C=O) groups is 2. The summed E-state index contributed by atoms with van der Waals surface area (Å²) in [4.78, 5) is 23.7. The van der Waals surface area contributed by atoms with Crippen LogP contribution in [0.4, 0.5) is 0 Å². The fraction of sp³-hybridized carbons (Fsp3) is 0.278. The lowest BCUT2D eigenvalue weighted by atomic mass is 9.99. The summed E-state index contributed by atoms with van der Waals surface area (Å²) in [5.41, 5.74) is 5.72. The average molecular weight is 628 g/mol. The second-order valence-corrected chi connectivity index (χ2v) is 11.9. The zero-order chi connectivity index (χ0) is 31.6. The number of hydrogen-bond donors (Lipinski definition) is 3. The molecule has 0 unspecified atom stereocenters. The molecule has 9 heteroatoms. The van der Waals surface area contributed by atoms with E-state index in [4.69, 9.17) is 19.3 Å². The molecule has 1 fully saturated rings. The Kier molecular flexibility index (Phi) is 11.3. The number of thioether (sulfide) groups is 1. The number of methoxy groups -OCH3 is 1. The Balaban J connectivity index is 1.29. The van der Waals surface area contributed by atoms with Crippen LogP contribution in [0.5, 0.6) is 5.75 Å². The maximum absolute atomic E-state index is 12.0. The second kappa shape index (κ2) is 15.7. The van der Waals surface area contributed by atoms with Gasteiger partial charge in [-0.2, -0.15) is 0 Å². The number of ether oxygens (including phenoxy) is 3. The first-order chi connectivity index (χ1) is 21.9. The second-order valence-electron chi connectivity index (χ2n) is 10.8. The van der Waals surface area contributed by atoms with Crippen LogP contribution in [0.15, 0.2) is 102 Å². The van der Waals surface area contributed by atoms with E-state index in [0.29, 0.717) is 13.0 Å². The molecule has 3 N–H and O–H groups in total. The van der Waals surface area contributed by atoms with Crippen LogP contribution in [0, 0.1) is 0 Å². The molecule has 1 aliphatic heterocycles. The van der Waals surface area contributed by atoms with E-state index in [9.17, 15) is 14.7 Å². The van der Waals surface area contributed by atoms with Crippen molar-refractivity contribution < 1.29 is 34.0 Å². The van der Waals surface area contributed by atoms with Crippen molar-refractivity contribution in [3.8, 4) is 16.9 Å². The van der Waals surface area contributed by atoms with Crippen LogP contribution in [-0.2, 0) is 32.2 Å². The minimum atomic E-state index is -0.992. The fourth-order valence-corrected chi connectivity index (χ4v) is 6.20. The summed E-state index contributed by atoms with van der Waals surface area (Å²) in [6.45, 7) is 0.315. The van der Waals surface area contributed by atoms with Gasteiger partial charge >= 0.3 is 5.97 Å². The molecule has 0 saturated carbocycles. The van der Waals surface area contributed by atoms with Crippen LogP contribution in [-0.4, -0.2) is 41.1 Å². The first kappa shape index (κ1) is 32.2. The van der Waals surface area contributed by atoms with Gasteiger partial charge in [0, 0.05) is 35.6 Å². The fourth-order valence-electron chi connectivity index (χ4n) is 5.15. The number of aliphatic carboxylic acids is 1. The summed E-state index contributed by atoms with van der Waals surface area (Å²) >= 11 is 1.70. The summed E-state index contributed by atoms with van der Waals surface area (Å²) in [5.74, 6) is 0.280. The van der Waals surface area contributed by atoms with E-state index >= 15 is 0 Å². The molecule has 5 rings (SSSR count). The molecule has 8 nitrogen and oxygen atoms in total. The van der Waals surface area contributed by atoms with Crippen LogP contribution in [0.1, 0.15) is 53.9 Å². The molecule has 1 saturated heterocycles. The van der Waals surface area contributed by atoms with Crippen LogP contribution >= 0.6 is 11.8 Å². The van der Waals surface area contributed by atoms with E-state index in [1.807, 2.05) is 97.1 Å². The Hall–Kier alpha value is -4.15. The Labute approximate surface area is 267 Å². The van der Waals surface area contributed by atoms with Gasteiger partial charge in [0.2, 0.25) is 5.91 Å². The maximum atomic E-state index is 12.0. The zero-order valence-electron chi connectivity index (χ0n) is 25.1. The van der Waals surface area contributed by atoms with Crippen LogP contribution in [0.3, 0.4) is 0 Å². The number of para-hydroxylation sites is 1. The summed E-state index contributed by atoms with van der Waals surface area (Å²) in [6.07, 6.45) is -0.369. The predicted molar refractivity (Wildman–Crippen MR) is 173 cm³/mol. The molecule has 1 heterocycles. The molecule has 3 atom stereocenters. The van der Waals surface area contributed by atoms with Crippen molar-refractivity contribution in [2.24, 2.45) is 0 Å². The predicted octanol–water partition coefficient (Wildman–Crippen LogP) is 6.67. The topological polar surface area (TPSA) is 114 Å². The third kappa shape index (κ3) is 8.95. The van der Waals surface area contributed by atoms with Crippen molar-refractivity contribution in [3.05, 3.63) is 119 Å². The van der Waals surface area contributed by atoms with Gasteiger partial charge in [0.15, 0.2) is 6.29 Å². The Morgan fingerprint density at radius 2 is 1.62 bits per heavy atom. The highest BCUT2D eigenvalue weighted by molar-refractivity contribution is 7.99. The van der Waals surface area contributed by atoms with Crippen molar-refractivity contribution in [3.63, 3.8) is 0 Å². The summed E-state index contributed by atoms with van der Waals surface area (Å²) < 4.78 is 18.6. The van der Waals surface area contributed by atoms with E-state index < -0.39 is 12.3 Å². The number of carboxylic acids is 1. The van der Waals surface area contributed by atoms with Crippen LogP contribution < -0.4 is 10.1 Å². The van der Waals surface area contributed by atoms with Gasteiger partial charge in [0.25, 0.3) is 0 Å².